The minimum absolute atomic E-state index is 0.0634. The first-order chi connectivity index (χ1) is 14.2. The Morgan fingerprint density at radius 1 is 1.10 bits per heavy atom. The fourth-order valence-electron chi connectivity index (χ4n) is 2.62. The average molecular weight is 444 g/mol. The third-order valence-corrected chi connectivity index (χ3v) is 5.80. The van der Waals surface area contributed by atoms with Crippen LogP contribution in [0.15, 0.2) is 60.3 Å². The maximum Gasteiger partial charge on any atom is 0.433 e. The Hall–Kier alpha value is -2.89. The van der Waals surface area contributed by atoms with E-state index in [-0.39, 0.29) is 11.1 Å². The van der Waals surface area contributed by atoms with Crippen molar-refractivity contribution in [3.8, 4) is 0 Å². The Labute approximate surface area is 179 Å². The summed E-state index contributed by atoms with van der Waals surface area (Å²) < 4.78 is 70.6. The van der Waals surface area contributed by atoms with Gasteiger partial charge in [0, 0.05) is 11.8 Å². The number of halogens is 3. The maximum atomic E-state index is 12.8. The van der Waals surface area contributed by atoms with Crippen molar-refractivity contribution in [2.45, 2.75) is 16.2 Å². The minimum Gasteiger partial charge on any atom is -0.467 e. The number of alkyl halides is 3. The van der Waals surface area contributed by atoms with Crippen LogP contribution >= 0.6 is 0 Å². The largest absolute Gasteiger partial charge is 0.467 e. The van der Waals surface area contributed by atoms with Crippen molar-refractivity contribution in [1.29, 1.82) is 0 Å². The van der Waals surface area contributed by atoms with E-state index in [1.54, 1.807) is 6.07 Å². The summed E-state index contributed by atoms with van der Waals surface area (Å²) in [4.78, 5) is 15.9. The second kappa shape index (κ2) is 7.36. The molecule has 1 atom stereocenters. The Morgan fingerprint density at radius 2 is 1.71 bits per heavy atom. The van der Waals surface area contributed by atoms with E-state index >= 15 is 0 Å². The van der Waals surface area contributed by atoms with E-state index in [1.807, 2.05) is 0 Å². The summed E-state index contributed by atoms with van der Waals surface area (Å²) in [6, 6.07) is 8.55. The molecule has 0 fully saturated rings. The molecule has 1 aliphatic rings. The zero-order valence-corrected chi connectivity index (χ0v) is 16.3. The van der Waals surface area contributed by atoms with Gasteiger partial charge in [-0.3, -0.25) is 9.78 Å². The predicted octanol–water partition coefficient (Wildman–Crippen LogP) is 0.643. The molecule has 1 aliphatic heterocycles. The molecule has 1 aromatic heterocycles. The molecule has 2 N–H and O–H groups in total. The Balaban J connectivity index is 1.91. The van der Waals surface area contributed by atoms with Crippen molar-refractivity contribution < 1.29 is 35.3 Å². The average Bonchev–Trinajstić information content (AvgIpc) is 2.91. The van der Waals surface area contributed by atoms with Crippen LogP contribution in [0.2, 0.25) is 0 Å². The van der Waals surface area contributed by atoms with Gasteiger partial charge in [0.05, 0.1) is 20.2 Å². The summed E-state index contributed by atoms with van der Waals surface area (Å²) >= 11 is 0. The van der Waals surface area contributed by atoms with Crippen LogP contribution in [0.25, 0.3) is 0 Å². The number of benzene rings is 1. The summed E-state index contributed by atoms with van der Waals surface area (Å²) in [7, 11) is 12.4. The summed E-state index contributed by atoms with van der Waals surface area (Å²) in [5.41, 5.74) is 1.43. The van der Waals surface area contributed by atoms with Crippen LogP contribution in [-0.4, -0.2) is 42.7 Å². The third-order valence-electron chi connectivity index (χ3n) is 4.35. The van der Waals surface area contributed by atoms with E-state index in [0.29, 0.717) is 12.3 Å². The molecule has 0 spiro atoms. The number of carbonyl (C=O) groups excluding carboxylic acids is 1. The van der Waals surface area contributed by atoms with E-state index in [4.69, 9.17) is 38.2 Å². The van der Waals surface area contributed by atoms with E-state index in [0.717, 1.165) is 6.07 Å². The van der Waals surface area contributed by atoms with Crippen LogP contribution in [0.3, 0.4) is 0 Å². The normalized spacial score (nSPS) is 19.9. The molecule has 1 unspecified atom stereocenters. The quantitative estimate of drug-likeness (QED) is 0.533. The lowest BCUT2D eigenvalue weighted by Crippen LogP contribution is -2.40. The van der Waals surface area contributed by atoms with Crippen molar-refractivity contribution in [2.24, 2.45) is 5.73 Å². The first-order valence-electron chi connectivity index (χ1n) is 8.33. The number of nitrogens with two attached hydrogens (primary N) is 1. The van der Waals surface area contributed by atoms with Crippen LogP contribution in [0, 0.1) is 0 Å². The number of carbonyl (C=O) groups is 1. The lowest BCUT2D eigenvalue weighted by Gasteiger charge is -2.26. The van der Waals surface area contributed by atoms with Crippen molar-refractivity contribution in [3.05, 3.63) is 77.1 Å². The molecule has 2 heterocycles. The monoisotopic (exact) mass is 444 g/mol. The van der Waals surface area contributed by atoms with Gasteiger partial charge in [0.1, 0.15) is 13.5 Å². The number of pyridine rings is 1. The van der Waals surface area contributed by atoms with Gasteiger partial charge in [-0.2, -0.15) is 21.6 Å². The highest BCUT2D eigenvalue weighted by Crippen LogP contribution is 2.38. The molecule has 0 amide bonds. The minimum atomic E-state index is -4.92. The maximum absolute atomic E-state index is 12.8. The summed E-state index contributed by atoms with van der Waals surface area (Å²) in [5, 5.41) is 0. The molecule has 0 aliphatic carbocycles. The molecule has 7 nitrogen and oxygen atoms in total. The molecule has 2 aromatic rings. The molecule has 1 aromatic carbocycles. The van der Waals surface area contributed by atoms with Crippen LogP contribution in [0.4, 0.5) is 13.2 Å². The van der Waals surface area contributed by atoms with E-state index in [2.05, 4.69) is 4.98 Å². The molecule has 14 heteroatoms. The smallest absolute Gasteiger partial charge is 0.433 e. The third kappa shape index (κ3) is 3.91. The molecule has 0 saturated carbocycles. The van der Waals surface area contributed by atoms with Crippen LogP contribution in [0.5, 0.6) is 0 Å². The van der Waals surface area contributed by atoms with Gasteiger partial charge in [0.15, 0.2) is 5.50 Å². The number of aromatic nitrogens is 1. The van der Waals surface area contributed by atoms with Crippen molar-refractivity contribution >= 4 is 39.4 Å². The number of Topliss-reactive ketones (excluding diaryl/α,β-unsaturated/α-hetero) is 1. The van der Waals surface area contributed by atoms with Crippen LogP contribution < -0.4 is 5.73 Å². The van der Waals surface area contributed by atoms with Crippen LogP contribution in [-0.2, 0) is 40.1 Å². The standard InChI is InChI=1S/C17H10B3F3N2O5S/c18-15(10-6-7-11(25-8-10)17(21,22)23)13(26)12(14(24)29-15)30-31(27,28)16(19,20)9-4-2-1-3-5-9/h1-8H,24H2. The number of rotatable bonds is 5. The lowest BCUT2D eigenvalue weighted by molar-refractivity contribution is -0.141. The van der Waals surface area contributed by atoms with Crippen LogP contribution in [0.1, 0.15) is 16.8 Å². The number of ether oxygens (including phenoxy) is 1. The molecule has 0 saturated heterocycles. The highest BCUT2D eigenvalue weighted by molar-refractivity contribution is 7.90. The van der Waals surface area contributed by atoms with Gasteiger partial charge in [-0.15, -0.1) is 0 Å². The van der Waals surface area contributed by atoms with E-state index in [1.165, 1.54) is 24.3 Å². The van der Waals surface area contributed by atoms with Crippen molar-refractivity contribution in [1.82, 2.24) is 4.98 Å². The zero-order chi connectivity index (χ0) is 23.2. The molecule has 3 rings (SSSR count). The van der Waals surface area contributed by atoms with Gasteiger partial charge in [-0.25, -0.2) is 0 Å². The topological polar surface area (TPSA) is 109 Å². The highest BCUT2D eigenvalue weighted by atomic mass is 32.2. The van der Waals surface area contributed by atoms with E-state index < -0.39 is 49.5 Å². The second-order valence-electron chi connectivity index (χ2n) is 6.49. The molecule has 6 radical (unpaired) electrons. The Kier molecular flexibility index (Phi) is 5.41. The van der Waals surface area contributed by atoms with Gasteiger partial charge < -0.3 is 14.7 Å². The molecule has 31 heavy (non-hydrogen) atoms. The summed E-state index contributed by atoms with van der Waals surface area (Å²) in [6.45, 7) is 0. The molecule has 154 valence electrons. The molecular formula is C17H10B3F3N2O5S. The summed E-state index contributed by atoms with van der Waals surface area (Å²) in [6.07, 6.45) is -4.09. The van der Waals surface area contributed by atoms with Crippen molar-refractivity contribution in [3.63, 3.8) is 0 Å². The highest BCUT2D eigenvalue weighted by Gasteiger charge is 2.50. The van der Waals surface area contributed by atoms with Gasteiger partial charge in [-0.05, 0) is 11.6 Å². The van der Waals surface area contributed by atoms with Gasteiger partial charge in [0.25, 0.3) is 0 Å². The number of ketones is 1. The fourth-order valence-corrected chi connectivity index (χ4v) is 3.56. The number of nitrogens with zero attached hydrogens (tertiary/aromatic N) is 1. The first kappa shape index (κ1) is 22.8. The molecular weight excluding hydrogens is 434 g/mol. The Morgan fingerprint density at radius 3 is 2.23 bits per heavy atom. The Bertz CT molecular complexity index is 1160. The van der Waals surface area contributed by atoms with E-state index in [9.17, 15) is 26.4 Å². The lowest BCUT2D eigenvalue weighted by atomic mass is 9.65. The second-order valence-corrected chi connectivity index (χ2v) is 8.24. The van der Waals surface area contributed by atoms with Gasteiger partial charge in [-0.1, -0.05) is 36.4 Å². The first-order valence-corrected chi connectivity index (χ1v) is 9.74. The van der Waals surface area contributed by atoms with Gasteiger partial charge in [0.2, 0.25) is 17.4 Å². The number of hydrogen-bond donors (Lipinski definition) is 1. The number of hydrogen-bond acceptors (Lipinski definition) is 7. The predicted molar refractivity (Wildman–Crippen MR) is 104 cm³/mol. The van der Waals surface area contributed by atoms with Crippen molar-refractivity contribution in [2.75, 3.05) is 0 Å². The summed E-state index contributed by atoms with van der Waals surface area (Å²) in [5.74, 6) is -3.16. The van der Waals surface area contributed by atoms with Gasteiger partial charge >= 0.3 is 16.3 Å². The fraction of sp³-hybridized carbons (Fsp3) is 0.176. The SMILES string of the molecule is [B]C1(c2ccc(C(F)(F)F)nc2)OC(N)=C(OS(=O)(=O)C([B])([B])c2ccccc2)C1=O. The molecule has 0 bridgehead atoms. The zero-order valence-electron chi connectivity index (χ0n) is 15.5.